The summed E-state index contributed by atoms with van der Waals surface area (Å²) in [5.41, 5.74) is 0.884. The maximum Gasteiger partial charge on any atom is 0.244 e. The zero-order valence-corrected chi connectivity index (χ0v) is 13.5. The molecular weight excluding hydrogens is 296 g/mol. The topological polar surface area (TPSA) is 49.4 Å². The van der Waals surface area contributed by atoms with Crippen LogP contribution in [0.5, 0.6) is 0 Å². The second-order valence-electron chi connectivity index (χ2n) is 4.55. The highest BCUT2D eigenvalue weighted by Crippen LogP contribution is 2.25. The Kier molecular flexibility index (Phi) is 6.68. The molecule has 0 aliphatic carbocycles. The molecule has 6 heteroatoms. The first-order valence-corrected chi connectivity index (χ1v) is 8.25. The van der Waals surface area contributed by atoms with Crippen molar-refractivity contribution in [2.24, 2.45) is 0 Å². The van der Waals surface area contributed by atoms with E-state index in [-0.39, 0.29) is 9.92 Å². The van der Waals surface area contributed by atoms with Crippen LogP contribution in [0.25, 0.3) is 0 Å². The van der Waals surface area contributed by atoms with Crippen LogP contribution in [0.15, 0.2) is 35.7 Å². The molecule has 1 N–H and O–H groups in total. The van der Waals surface area contributed by atoms with Crippen LogP contribution < -0.4 is 5.32 Å². The van der Waals surface area contributed by atoms with Gasteiger partial charge in [0.1, 0.15) is 4.90 Å². The van der Waals surface area contributed by atoms with Crippen LogP contribution >= 0.6 is 11.6 Å². The highest BCUT2D eigenvalue weighted by atomic mass is 35.5. The van der Waals surface area contributed by atoms with E-state index in [0.717, 1.165) is 18.4 Å². The highest BCUT2D eigenvalue weighted by Gasteiger charge is 2.23. The van der Waals surface area contributed by atoms with Gasteiger partial charge in [0.15, 0.2) is 0 Å². The molecular formula is C14H21ClN2O2S. The van der Waals surface area contributed by atoms with Crippen LogP contribution in [-0.2, 0) is 16.6 Å². The van der Waals surface area contributed by atoms with E-state index >= 15 is 0 Å². The summed E-state index contributed by atoms with van der Waals surface area (Å²) in [6.45, 7) is 4.67. The molecule has 1 aromatic carbocycles. The Balaban J connectivity index is 3.01. The molecule has 0 saturated heterocycles. The molecule has 0 heterocycles. The minimum absolute atomic E-state index is 0.160. The Bertz CT molecular complexity index is 558. The largest absolute Gasteiger partial charge is 0.316 e. The minimum Gasteiger partial charge on any atom is -0.316 e. The summed E-state index contributed by atoms with van der Waals surface area (Å²) in [4.78, 5) is 0.160. The van der Waals surface area contributed by atoms with Crippen molar-refractivity contribution < 1.29 is 8.42 Å². The fourth-order valence-corrected chi connectivity index (χ4v) is 3.54. The van der Waals surface area contributed by atoms with E-state index in [9.17, 15) is 8.42 Å². The Morgan fingerprint density at radius 3 is 2.75 bits per heavy atom. The Morgan fingerprint density at radius 1 is 1.45 bits per heavy atom. The Labute approximate surface area is 126 Å². The lowest BCUT2D eigenvalue weighted by molar-refractivity contribution is 0.463. The smallest absolute Gasteiger partial charge is 0.244 e. The van der Waals surface area contributed by atoms with Crippen LogP contribution in [0.3, 0.4) is 0 Å². The van der Waals surface area contributed by atoms with Crippen molar-refractivity contribution in [1.29, 1.82) is 0 Å². The van der Waals surface area contributed by atoms with Gasteiger partial charge in [0, 0.05) is 20.1 Å². The fourth-order valence-electron chi connectivity index (χ4n) is 1.81. The van der Waals surface area contributed by atoms with Gasteiger partial charge in [-0.25, -0.2) is 12.7 Å². The lowest BCUT2D eigenvalue weighted by Gasteiger charge is -2.18. The van der Waals surface area contributed by atoms with E-state index in [0.29, 0.717) is 13.1 Å². The van der Waals surface area contributed by atoms with Gasteiger partial charge in [0.05, 0.1) is 5.02 Å². The zero-order chi connectivity index (χ0) is 15.2. The molecule has 1 rings (SSSR count). The van der Waals surface area contributed by atoms with Crippen LogP contribution in [0.2, 0.25) is 5.02 Å². The van der Waals surface area contributed by atoms with Gasteiger partial charge < -0.3 is 5.32 Å². The maximum atomic E-state index is 12.5. The second kappa shape index (κ2) is 7.78. The van der Waals surface area contributed by atoms with Gasteiger partial charge in [-0.1, -0.05) is 23.7 Å². The van der Waals surface area contributed by atoms with Crippen molar-refractivity contribution in [2.75, 3.05) is 20.6 Å². The summed E-state index contributed by atoms with van der Waals surface area (Å²) in [5.74, 6) is 0. The zero-order valence-electron chi connectivity index (χ0n) is 11.9. The van der Waals surface area contributed by atoms with E-state index in [2.05, 4.69) is 11.9 Å². The van der Waals surface area contributed by atoms with Crippen molar-refractivity contribution in [3.63, 3.8) is 0 Å². The third kappa shape index (κ3) is 4.31. The summed E-state index contributed by atoms with van der Waals surface area (Å²) in [6, 6.07) is 5.06. The molecule has 0 atom stereocenters. The molecule has 0 unspecified atom stereocenters. The first-order chi connectivity index (χ1) is 9.43. The van der Waals surface area contributed by atoms with Crippen LogP contribution in [0, 0.1) is 0 Å². The molecule has 0 aliphatic rings. The lowest BCUT2D eigenvalue weighted by Crippen LogP contribution is -2.28. The number of benzene rings is 1. The molecule has 0 radical (unpaired) electrons. The Hall–Kier alpha value is -0.880. The number of halogens is 1. The van der Waals surface area contributed by atoms with Gasteiger partial charge >= 0.3 is 0 Å². The third-order valence-corrected chi connectivity index (χ3v) is 5.28. The fraction of sp³-hybridized carbons (Fsp3) is 0.429. The standard InChI is InChI=1S/C14H21ClN2O2S/c1-4-5-6-9-17(3)20(18,19)14-10-12(11-16-2)7-8-13(14)15/h4,7-8,10,16H,1,5-6,9,11H2,2-3H3. The van der Waals surface area contributed by atoms with E-state index < -0.39 is 10.0 Å². The molecule has 0 fully saturated rings. The molecule has 112 valence electrons. The normalized spacial score (nSPS) is 11.8. The maximum absolute atomic E-state index is 12.5. The predicted octanol–water partition coefficient (Wildman–Crippen LogP) is 2.65. The molecule has 0 aromatic heterocycles. The number of rotatable bonds is 8. The van der Waals surface area contributed by atoms with Crippen molar-refractivity contribution in [3.05, 3.63) is 41.4 Å². The van der Waals surface area contributed by atoms with E-state index in [1.54, 1.807) is 25.3 Å². The number of unbranched alkanes of at least 4 members (excludes halogenated alkanes) is 1. The van der Waals surface area contributed by atoms with Crippen molar-refractivity contribution in [2.45, 2.75) is 24.3 Å². The molecule has 0 aliphatic heterocycles. The second-order valence-corrected chi connectivity index (χ2v) is 6.97. The Morgan fingerprint density at radius 2 is 2.15 bits per heavy atom. The van der Waals surface area contributed by atoms with Gasteiger partial charge in [0.25, 0.3) is 0 Å². The number of nitrogens with zero attached hydrogens (tertiary/aromatic N) is 1. The molecule has 0 spiro atoms. The number of nitrogens with one attached hydrogen (secondary N) is 1. The highest BCUT2D eigenvalue weighted by molar-refractivity contribution is 7.89. The summed E-state index contributed by atoms with van der Waals surface area (Å²) in [5, 5.41) is 3.24. The van der Waals surface area contributed by atoms with Crippen LogP contribution in [0.1, 0.15) is 18.4 Å². The molecule has 0 saturated carbocycles. The molecule has 0 amide bonds. The van der Waals surface area contributed by atoms with Crippen molar-refractivity contribution >= 4 is 21.6 Å². The number of hydrogen-bond donors (Lipinski definition) is 1. The molecule has 20 heavy (non-hydrogen) atoms. The van der Waals surface area contributed by atoms with Crippen LogP contribution in [0.4, 0.5) is 0 Å². The van der Waals surface area contributed by atoms with Gasteiger partial charge in [0.2, 0.25) is 10.0 Å². The van der Waals surface area contributed by atoms with Gasteiger partial charge in [-0.05, 0) is 37.6 Å². The third-order valence-electron chi connectivity index (χ3n) is 2.95. The predicted molar refractivity (Wildman–Crippen MR) is 83.5 cm³/mol. The monoisotopic (exact) mass is 316 g/mol. The lowest BCUT2D eigenvalue weighted by atomic mass is 10.2. The van der Waals surface area contributed by atoms with E-state index in [1.165, 1.54) is 4.31 Å². The van der Waals surface area contributed by atoms with Crippen molar-refractivity contribution in [3.8, 4) is 0 Å². The number of allylic oxidation sites excluding steroid dienone is 1. The molecule has 4 nitrogen and oxygen atoms in total. The van der Waals surface area contributed by atoms with Crippen LogP contribution in [-0.4, -0.2) is 33.4 Å². The first kappa shape index (κ1) is 17.2. The van der Waals surface area contributed by atoms with E-state index in [1.807, 2.05) is 13.1 Å². The number of hydrogen-bond acceptors (Lipinski definition) is 3. The molecule has 0 bridgehead atoms. The minimum atomic E-state index is -3.55. The SMILES string of the molecule is C=CCCCN(C)S(=O)(=O)c1cc(CNC)ccc1Cl. The average molecular weight is 317 g/mol. The average Bonchev–Trinajstić information content (AvgIpc) is 2.41. The van der Waals surface area contributed by atoms with E-state index in [4.69, 9.17) is 11.6 Å². The summed E-state index contributed by atoms with van der Waals surface area (Å²) in [7, 11) is -0.173. The summed E-state index contributed by atoms with van der Waals surface area (Å²) >= 11 is 6.04. The summed E-state index contributed by atoms with van der Waals surface area (Å²) < 4.78 is 26.3. The van der Waals surface area contributed by atoms with Gasteiger partial charge in [-0.3, -0.25) is 0 Å². The number of sulfonamides is 1. The quantitative estimate of drug-likeness (QED) is 0.592. The van der Waals surface area contributed by atoms with Gasteiger partial charge in [-0.2, -0.15) is 0 Å². The first-order valence-electron chi connectivity index (χ1n) is 6.43. The van der Waals surface area contributed by atoms with Crippen molar-refractivity contribution in [1.82, 2.24) is 9.62 Å². The summed E-state index contributed by atoms with van der Waals surface area (Å²) in [6.07, 6.45) is 3.31. The molecule has 1 aromatic rings. The van der Waals surface area contributed by atoms with Gasteiger partial charge in [-0.15, -0.1) is 6.58 Å².